The van der Waals surface area contributed by atoms with Gasteiger partial charge in [-0.1, -0.05) is 25.1 Å². The highest BCUT2D eigenvalue weighted by molar-refractivity contribution is 6.17. The zero-order valence-corrected chi connectivity index (χ0v) is 11.3. The van der Waals surface area contributed by atoms with Crippen molar-refractivity contribution < 1.29 is 0 Å². The van der Waals surface area contributed by atoms with Crippen molar-refractivity contribution >= 4 is 11.6 Å². The minimum Gasteiger partial charge on any atom is -0.310 e. The number of alkyl halides is 1. The molecule has 1 rings (SSSR count). The van der Waals surface area contributed by atoms with Gasteiger partial charge in [-0.3, -0.25) is 0 Å². The molecule has 1 aromatic carbocycles. The summed E-state index contributed by atoms with van der Waals surface area (Å²) in [5.74, 6) is 0.734. The highest BCUT2D eigenvalue weighted by Crippen LogP contribution is 2.13. The molecule has 1 atom stereocenters. The van der Waals surface area contributed by atoms with E-state index in [4.69, 9.17) is 11.6 Å². The Morgan fingerprint density at radius 2 is 1.88 bits per heavy atom. The van der Waals surface area contributed by atoms with E-state index in [2.05, 4.69) is 44.3 Å². The normalized spacial score (nSPS) is 12.8. The second kappa shape index (κ2) is 6.93. The van der Waals surface area contributed by atoms with Crippen LogP contribution >= 0.6 is 11.6 Å². The van der Waals surface area contributed by atoms with E-state index in [1.807, 2.05) is 0 Å². The van der Waals surface area contributed by atoms with Crippen LogP contribution in [0.1, 0.15) is 36.5 Å². The van der Waals surface area contributed by atoms with Crippen molar-refractivity contribution in [2.45, 2.75) is 46.2 Å². The van der Waals surface area contributed by atoms with Crippen LogP contribution in [0.2, 0.25) is 0 Å². The van der Waals surface area contributed by atoms with E-state index in [1.54, 1.807) is 0 Å². The molecular weight excluding hydrogens is 218 g/mol. The van der Waals surface area contributed by atoms with Crippen LogP contribution < -0.4 is 5.32 Å². The lowest BCUT2D eigenvalue weighted by Crippen LogP contribution is -2.28. The molecule has 90 valence electrons. The summed E-state index contributed by atoms with van der Waals surface area (Å²) in [7, 11) is 0. The van der Waals surface area contributed by atoms with Crippen LogP contribution in [0.5, 0.6) is 0 Å². The lowest BCUT2D eigenvalue weighted by atomic mass is 10.0. The maximum Gasteiger partial charge on any atom is 0.0238 e. The number of halogens is 1. The zero-order valence-electron chi connectivity index (χ0n) is 10.5. The molecule has 1 unspecified atom stereocenters. The van der Waals surface area contributed by atoms with Crippen LogP contribution in [0.15, 0.2) is 18.2 Å². The van der Waals surface area contributed by atoms with Gasteiger partial charge in [0, 0.05) is 18.5 Å². The third-order valence-electron chi connectivity index (χ3n) is 3.16. The SMILES string of the molecule is CCC(CCCl)NCc1c(C)cccc1C. The molecule has 2 heteroatoms. The molecule has 0 radical (unpaired) electrons. The van der Waals surface area contributed by atoms with Crippen molar-refractivity contribution in [1.82, 2.24) is 5.32 Å². The van der Waals surface area contributed by atoms with Gasteiger partial charge in [0.05, 0.1) is 0 Å². The Labute approximate surface area is 104 Å². The molecule has 1 aromatic rings. The molecule has 0 aliphatic carbocycles. The lowest BCUT2D eigenvalue weighted by Gasteiger charge is -2.17. The molecule has 0 aromatic heterocycles. The lowest BCUT2D eigenvalue weighted by molar-refractivity contribution is 0.485. The predicted octanol–water partition coefficient (Wildman–Crippen LogP) is 3.80. The average Bonchev–Trinajstić information content (AvgIpc) is 2.27. The van der Waals surface area contributed by atoms with Gasteiger partial charge in [0.25, 0.3) is 0 Å². The quantitative estimate of drug-likeness (QED) is 0.745. The fraction of sp³-hybridized carbons (Fsp3) is 0.571. The Morgan fingerprint density at radius 3 is 2.38 bits per heavy atom. The van der Waals surface area contributed by atoms with Crippen molar-refractivity contribution in [3.63, 3.8) is 0 Å². The first kappa shape index (κ1) is 13.5. The maximum absolute atomic E-state index is 5.78. The minimum absolute atomic E-state index is 0.538. The molecule has 0 bridgehead atoms. The molecule has 0 saturated carbocycles. The van der Waals surface area contributed by atoms with Gasteiger partial charge >= 0.3 is 0 Å². The highest BCUT2D eigenvalue weighted by atomic mass is 35.5. The fourth-order valence-electron chi connectivity index (χ4n) is 1.96. The molecule has 0 amide bonds. The topological polar surface area (TPSA) is 12.0 Å². The minimum atomic E-state index is 0.538. The van der Waals surface area contributed by atoms with Crippen molar-refractivity contribution in [1.29, 1.82) is 0 Å². The summed E-state index contributed by atoms with van der Waals surface area (Å²) in [6.45, 7) is 7.50. The first-order valence-electron chi connectivity index (χ1n) is 6.03. The third-order valence-corrected chi connectivity index (χ3v) is 3.38. The summed E-state index contributed by atoms with van der Waals surface area (Å²) in [4.78, 5) is 0. The standard InChI is InChI=1S/C14H22ClN/c1-4-13(8-9-15)16-10-14-11(2)6-5-7-12(14)3/h5-7,13,16H,4,8-10H2,1-3H3. The van der Waals surface area contributed by atoms with Crippen LogP contribution in [0.25, 0.3) is 0 Å². The second-order valence-electron chi connectivity index (χ2n) is 4.33. The van der Waals surface area contributed by atoms with Gasteiger partial charge in [-0.25, -0.2) is 0 Å². The van der Waals surface area contributed by atoms with E-state index >= 15 is 0 Å². The first-order valence-corrected chi connectivity index (χ1v) is 6.57. The summed E-state index contributed by atoms with van der Waals surface area (Å²) >= 11 is 5.78. The summed E-state index contributed by atoms with van der Waals surface area (Å²) in [5, 5.41) is 3.58. The van der Waals surface area contributed by atoms with E-state index in [9.17, 15) is 0 Å². The number of benzene rings is 1. The second-order valence-corrected chi connectivity index (χ2v) is 4.71. The smallest absolute Gasteiger partial charge is 0.0238 e. The summed E-state index contributed by atoms with van der Waals surface area (Å²) in [6, 6.07) is 7.00. The van der Waals surface area contributed by atoms with E-state index in [-0.39, 0.29) is 0 Å². The number of aryl methyl sites for hydroxylation is 2. The van der Waals surface area contributed by atoms with Gasteiger partial charge in [-0.05, 0) is 43.4 Å². The predicted molar refractivity (Wildman–Crippen MR) is 72.2 cm³/mol. The Morgan fingerprint density at radius 1 is 1.25 bits per heavy atom. The molecule has 0 fully saturated rings. The highest BCUT2D eigenvalue weighted by Gasteiger charge is 2.07. The molecule has 0 heterocycles. The van der Waals surface area contributed by atoms with Crippen LogP contribution in [-0.2, 0) is 6.54 Å². The van der Waals surface area contributed by atoms with Gasteiger partial charge < -0.3 is 5.32 Å². The summed E-state index contributed by atoms with van der Waals surface area (Å²) in [5.41, 5.74) is 4.16. The van der Waals surface area contributed by atoms with Crippen molar-refractivity contribution in [3.8, 4) is 0 Å². The van der Waals surface area contributed by atoms with Crippen molar-refractivity contribution in [2.75, 3.05) is 5.88 Å². The molecule has 0 spiro atoms. The zero-order chi connectivity index (χ0) is 12.0. The van der Waals surface area contributed by atoms with Gasteiger partial charge in [0.2, 0.25) is 0 Å². The van der Waals surface area contributed by atoms with Crippen LogP contribution in [0.3, 0.4) is 0 Å². The van der Waals surface area contributed by atoms with E-state index in [0.29, 0.717) is 6.04 Å². The molecule has 16 heavy (non-hydrogen) atoms. The monoisotopic (exact) mass is 239 g/mol. The third kappa shape index (κ3) is 3.80. The van der Waals surface area contributed by atoms with Crippen molar-refractivity contribution in [3.05, 3.63) is 34.9 Å². The number of rotatable bonds is 6. The van der Waals surface area contributed by atoms with E-state index in [0.717, 1.165) is 25.3 Å². The average molecular weight is 240 g/mol. The first-order chi connectivity index (χ1) is 7.69. The van der Waals surface area contributed by atoms with Gasteiger partial charge in [-0.15, -0.1) is 11.6 Å². The van der Waals surface area contributed by atoms with Gasteiger partial charge in [0.1, 0.15) is 0 Å². The van der Waals surface area contributed by atoms with Gasteiger partial charge in [0.15, 0.2) is 0 Å². The Bertz CT molecular complexity index is 302. The molecule has 1 nitrogen and oxygen atoms in total. The fourth-order valence-corrected chi connectivity index (χ4v) is 2.22. The summed E-state index contributed by atoms with van der Waals surface area (Å²) in [6.07, 6.45) is 2.18. The molecule has 0 aliphatic heterocycles. The Balaban J connectivity index is 2.59. The van der Waals surface area contributed by atoms with Gasteiger partial charge in [-0.2, -0.15) is 0 Å². The van der Waals surface area contributed by atoms with Crippen LogP contribution in [0.4, 0.5) is 0 Å². The van der Waals surface area contributed by atoms with E-state index in [1.165, 1.54) is 16.7 Å². The molecule has 0 aliphatic rings. The number of hydrogen-bond donors (Lipinski definition) is 1. The molecule has 0 saturated heterocycles. The Kier molecular flexibility index (Phi) is 5.86. The number of nitrogens with one attached hydrogen (secondary N) is 1. The van der Waals surface area contributed by atoms with Crippen molar-refractivity contribution in [2.24, 2.45) is 0 Å². The largest absolute Gasteiger partial charge is 0.310 e. The maximum atomic E-state index is 5.78. The number of hydrogen-bond acceptors (Lipinski definition) is 1. The summed E-state index contributed by atoms with van der Waals surface area (Å²) < 4.78 is 0. The molecule has 1 N–H and O–H groups in total. The molecular formula is C14H22ClN. The van der Waals surface area contributed by atoms with Crippen LogP contribution in [0, 0.1) is 13.8 Å². The van der Waals surface area contributed by atoms with E-state index < -0.39 is 0 Å². The van der Waals surface area contributed by atoms with Crippen LogP contribution in [-0.4, -0.2) is 11.9 Å². The Hall–Kier alpha value is -0.530.